The van der Waals surface area contributed by atoms with E-state index in [0.29, 0.717) is 20.8 Å². The van der Waals surface area contributed by atoms with Crippen molar-refractivity contribution in [3.05, 3.63) is 56.1 Å². The van der Waals surface area contributed by atoms with Gasteiger partial charge in [-0.15, -0.1) is 0 Å². The third-order valence-corrected chi connectivity index (χ3v) is 5.91. The SMILES string of the molecule is Clc1cc(Cl)c(N=c2ssc3ccccc23)cc1Cl. The third kappa shape index (κ3) is 2.67. The first-order chi connectivity index (χ1) is 9.15. The maximum atomic E-state index is 6.14. The fraction of sp³-hybridized carbons (Fsp3) is 0. The molecule has 0 radical (unpaired) electrons. The van der Waals surface area contributed by atoms with E-state index in [4.69, 9.17) is 34.8 Å². The Kier molecular flexibility index (Phi) is 3.83. The Balaban J connectivity index is 2.24. The fourth-order valence-electron chi connectivity index (χ4n) is 1.63. The molecule has 6 heteroatoms. The van der Waals surface area contributed by atoms with Gasteiger partial charge in [0.15, 0.2) is 0 Å². The van der Waals surface area contributed by atoms with E-state index in [1.54, 1.807) is 32.8 Å². The Morgan fingerprint density at radius 2 is 1.58 bits per heavy atom. The summed E-state index contributed by atoms with van der Waals surface area (Å²) in [5, 5.41) is 2.51. The number of halogens is 3. The van der Waals surface area contributed by atoms with Crippen LogP contribution in [0.4, 0.5) is 5.69 Å². The number of hydrogen-bond acceptors (Lipinski definition) is 3. The van der Waals surface area contributed by atoms with Gasteiger partial charge in [-0.25, -0.2) is 4.99 Å². The van der Waals surface area contributed by atoms with Crippen molar-refractivity contribution in [1.29, 1.82) is 0 Å². The second-order valence-corrected chi connectivity index (χ2v) is 7.18. The molecule has 0 amide bonds. The zero-order chi connectivity index (χ0) is 13.4. The first-order valence-corrected chi connectivity index (χ1v) is 8.60. The van der Waals surface area contributed by atoms with Crippen LogP contribution in [0.1, 0.15) is 0 Å². The molecule has 0 unspecified atom stereocenters. The van der Waals surface area contributed by atoms with Crippen LogP contribution in [-0.2, 0) is 0 Å². The molecule has 0 fully saturated rings. The van der Waals surface area contributed by atoms with Gasteiger partial charge in [0.1, 0.15) is 4.67 Å². The monoisotopic (exact) mass is 345 g/mol. The topological polar surface area (TPSA) is 12.4 Å². The van der Waals surface area contributed by atoms with Crippen LogP contribution >= 0.6 is 55.5 Å². The summed E-state index contributed by atoms with van der Waals surface area (Å²) in [6, 6.07) is 11.4. The molecule has 0 N–H and O–H groups in total. The van der Waals surface area contributed by atoms with E-state index >= 15 is 0 Å². The highest BCUT2D eigenvalue weighted by atomic mass is 35.5. The van der Waals surface area contributed by atoms with Gasteiger partial charge >= 0.3 is 0 Å². The van der Waals surface area contributed by atoms with Crippen molar-refractivity contribution in [2.75, 3.05) is 0 Å². The van der Waals surface area contributed by atoms with Gasteiger partial charge in [0.2, 0.25) is 0 Å². The van der Waals surface area contributed by atoms with Crippen LogP contribution in [0.25, 0.3) is 10.1 Å². The lowest BCUT2D eigenvalue weighted by atomic mass is 10.3. The highest BCUT2D eigenvalue weighted by Crippen LogP contribution is 2.34. The highest BCUT2D eigenvalue weighted by Gasteiger charge is 2.06. The Labute approximate surface area is 132 Å². The van der Waals surface area contributed by atoms with Gasteiger partial charge < -0.3 is 0 Å². The van der Waals surface area contributed by atoms with Gasteiger partial charge in [0.05, 0.1) is 20.8 Å². The molecule has 0 aliphatic carbocycles. The van der Waals surface area contributed by atoms with Crippen molar-refractivity contribution in [2.45, 2.75) is 0 Å². The zero-order valence-corrected chi connectivity index (χ0v) is 13.3. The molecule has 3 rings (SSSR count). The van der Waals surface area contributed by atoms with E-state index in [-0.39, 0.29) is 0 Å². The van der Waals surface area contributed by atoms with E-state index in [2.05, 4.69) is 11.1 Å². The Hall–Kier alpha value is -0.580. The second kappa shape index (κ2) is 5.43. The molecule has 19 heavy (non-hydrogen) atoms. The first-order valence-electron chi connectivity index (χ1n) is 5.32. The van der Waals surface area contributed by atoms with Crippen molar-refractivity contribution < 1.29 is 0 Å². The fourth-order valence-corrected chi connectivity index (χ4v) is 4.56. The molecule has 0 atom stereocenters. The van der Waals surface area contributed by atoms with Crippen molar-refractivity contribution >= 4 is 71.3 Å². The van der Waals surface area contributed by atoms with Gasteiger partial charge in [0, 0.05) is 10.1 Å². The maximum absolute atomic E-state index is 6.14. The Morgan fingerprint density at radius 3 is 2.42 bits per heavy atom. The molecule has 0 aliphatic rings. The molecule has 1 nitrogen and oxygen atoms in total. The van der Waals surface area contributed by atoms with E-state index in [1.807, 2.05) is 18.2 Å². The Bertz CT molecular complexity index is 820. The first kappa shape index (κ1) is 13.4. The summed E-state index contributed by atoms with van der Waals surface area (Å²) in [5.74, 6) is 0. The summed E-state index contributed by atoms with van der Waals surface area (Å²) in [5.41, 5.74) is 0.635. The summed E-state index contributed by atoms with van der Waals surface area (Å²) in [4.78, 5) is 4.58. The zero-order valence-electron chi connectivity index (χ0n) is 9.36. The standard InChI is InChI=1S/C13H6Cl3NS2/c14-8-5-10(16)11(6-9(8)15)17-13-7-3-1-2-4-12(7)18-19-13/h1-6H. The predicted octanol–water partition coefficient (Wildman–Crippen LogP) is 6.16. The van der Waals surface area contributed by atoms with Gasteiger partial charge in [-0.1, -0.05) is 73.7 Å². The molecule has 0 saturated carbocycles. The summed E-state index contributed by atoms with van der Waals surface area (Å²) in [6.07, 6.45) is 0. The van der Waals surface area contributed by atoms with E-state index < -0.39 is 0 Å². The summed E-state index contributed by atoms with van der Waals surface area (Å²) < 4.78 is 2.14. The van der Waals surface area contributed by atoms with Crippen LogP contribution in [0.5, 0.6) is 0 Å². The number of nitrogens with zero attached hydrogens (tertiary/aromatic N) is 1. The third-order valence-electron chi connectivity index (χ3n) is 2.54. The minimum absolute atomic E-state index is 0.435. The molecule has 3 aromatic rings. The lowest BCUT2D eigenvalue weighted by Crippen LogP contribution is -1.91. The largest absolute Gasteiger partial charge is 0.235 e. The van der Waals surface area contributed by atoms with Crippen molar-refractivity contribution in [1.82, 2.24) is 0 Å². The molecule has 1 aromatic heterocycles. The summed E-state index contributed by atoms with van der Waals surface area (Å²) >= 11 is 18.0. The van der Waals surface area contributed by atoms with Gasteiger partial charge in [-0.05, 0) is 18.2 Å². The highest BCUT2D eigenvalue weighted by molar-refractivity contribution is 7.71. The smallest absolute Gasteiger partial charge is 0.135 e. The quantitative estimate of drug-likeness (QED) is 0.370. The van der Waals surface area contributed by atoms with Crippen molar-refractivity contribution in [3.8, 4) is 0 Å². The molecule has 0 spiro atoms. The maximum Gasteiger partial charge on any atom is 0.135 e. The minimum atomic E-state index is 0.435. The number of fused-ring (bicyclic) bond motifs is 1. The van der Waals surface area contributed by atoms with Crippen molar-refractivity contribution in [3.63, 3.8) is 0 Å². The number of rotatable bonds is 1. The number of benzene rings is 2. The lowest BCUT2D eigenvalue weighted by Gasteiger charge is -2.00. The average molecular weight is 347 g/mol. The van der Waals surface area contributed by atoms with E-state index in [0.717, 1.165) is 10.1 Å². The summed E-state index contributed by atoms with van der Waals surface area (Å²) in [6.45, 7) is 0. The minimum Gasteiger partial charge on any atom is -0.235 e. The molecule has 0 bridgehead atoms. The average Bonchev–Trinajstić information content (AvgIpc) is 2.80. The molecule has 1 heterocycles. The van der Waals surface area contributed by atoms with Crippen LogP contribution in [0.2, 0.25) is 15.1 Å². The van der Waals surface area contributed by atoms with Gasteiger partial charge in [0.25, 0.3) is 0 Å². The molecule has 96 valence electrons. The molecule has 0 aliphatic heterocycles. The second-order valence-electron chi connectivity index (χ2n) is 3.80. The van der Waals surface area contributed by atoms with Crippen LogP contribution in [0, 0.1) is 0 Å². The van der Waals surface area contributed by atoms with Gasteiger partial charge in [-0.3, -0.25) is 0 Å². The molecular weight excluding hydrogens is 341 g/mol. The predicted molar refractivity (Wildman–Crippen MR) is 86.4 cm³/mol. The normalized spacial score (nSPS) is 12.3. The van der Waals surface area contributed by atoms with Crippen LogP contribution in [0.3, 0.4) is 0 Å². The van der Waals surface area contributed by atoms with E-state index in [1.165, 1.54) is 4.70 Å². The summed E-state index contributed by atoms with van der Waals surface area (Å²) in [7, 11) is 3.31. The molecule has 2 aromatic carbocycles. The van der Waals surface area contributed by atoms with Crippen LogP contribution in [-0.4, -0.2) is 0 Å². The number of hydrogen-bond donors (Lipinski definition) is 0. The van der Waals surface area contributed by atoms with Crippen molar-refractivity contribution in [2.24, 2.45) is 4.99 Å². The van der Waals surface area contributed by atoms with E-state index in [9.17, 15) is 0 Å². The lowest BCUT2D eigenvalue weighted by molar-refractivity contribution is 1.43. The van der Waals surface area contributed by atoms with Crippen LogP contribution < -0.4 is 4.67 Å². The molecular formula is C13H6Cl3NS2. The molecule has 0 saturated heterocycles. The van der Waals surface area contributed by atoms with Gasteiger partial charge in [-0.2, -0.15) is 0 Å². The Morgan fingerprint density at radius 1 is 0.842 bits per heavy atom. The van der Waals surface area contributed by atoms with Crippen LogP contribution in [0.15, 0.2) is 41.4 Å².